The molecule has 1 aromatic carbocycles. The third-order valence-corrected chi connectivity index (χ3v) is 5.02. The number of benzene rings is 1. The van der Waals surface area contributed by atoms with Crippen LogP contribution in [0, 0.1) is 0 Å². The van der Waals surface area contributed by atoms with E-state index in [2.05, 4.69) is 26.1 Å². The smallest absolute Gasteiger partial charge is 0.234 e. The summed E-state index contributed by atoms with van der Waals surface area (Å²) < 4.78 is 9.14. The lowest BCUT2D eigenvalue weighted by Crippen LogP contribution is -2.14. The Balaban J connectivity index is 1.57. The van der Waals surface area contributed by atoms with Crippen LogP contribution in [-0.4, -0.2) is 38.1 Å². The molecule has 136 valence electrons. The molecule has 0 saturated heterocycles. The van der Waals surface area contributed by atoms with E-state index >= 15 is 0 Å². The minimum atomic E-state index is -0.102. The first-order valence-corrected chi connectivity index (χ1v) is 9.10. The maximum Gasteiger partial charge on any atom is 0.234 e. The van der Waals surface area contributed by atoms with E-state index in [1.165, 1.54) is 11.8 Å². The van der Waals surface area contributed by atoms with Crippen molar-refractivity contribution in [3.63, 3.8) is 0 Å². The van der Waals surface area contributed by atoms with E-state index in [0.717, 1.165) is 16.7 Å². The first kappa shape index (κ1) is 18.1. The van der Waals surface area contributed by atoms with Crippen LogP contribution in [0.1, 0.15) is 11.5 Å². The fourth-order valence-electron chi connectivity index (χ4n) is 2.49. The summed E-state index contributed by atoms with van der Waals surface area (Å²) in [6.07, 6.45) is 2.70. The van der Waals surface area contributed by atoms with Crippen molar-refractivity contribution in [3.05, 3.63) is 54.1 Å². The van der Waals surface area contributed by atoms with Gasteiger partial charge in [-0.15, -0.1) is 10.2 Å². The molecule has 0 spiro atoms. The van der Waals surface area contributed by atoms with Crippen molar-refractivity contribution in [2.24, 2.45) is 14.1 Å². The molecule has 0 saturated carbocycles. The number of methoxy groups -OCH3 is 1. The van der Waals surface area contributed by atoms with Crippen LogP contribution in [0.2, 0.25) is 0 Å². The number of anilines is 1. The van der Waals surface area contributed by atoms with Gasteiger partial charge >= 0.3 is 0 Å². The van der Waals surface area contributed by atoms with Gasteiger partial charge in [0.25, 0.3) is 0 Å². The van der Waals surface area contributed by atoms with Gasteiger partial charge in [0.2, 0.25) is 5.91 Å². The second-order valence-electron chi connectivity index (χ2n) is 5.81. The Morgan fingerprint density at radius 1 is 1.23 bits per heavy atom. The van der Waals surface area contributed by atoms with Crippen LogP contribution in [0.15, 0.2) is 47.8 Å². The molecule has 2 heterocycles. The summed E-state index contributed by atoms with van der Waals surface area (Å²) >= 11 is 1.36. The van der Waals surface area contributed by atoms with Crippen LogP contribution in [0.4, 0.5) is 5.69 Å². The monoisotopic (exact) mass is 371 g/mol. The molecule has 0 fully saturated rings. The number of amides is 1. The highest BCUT2D eigenvalue weighted by Gasteiger charge is 2.13. The van der Waals surface area contributed by atoms with Gasteiger partial charge in [-0.05, 0) is 24.3 Å². The van der Waals surface area contributed by atoms with Gasteiger partial charge in [0.05, 0.1) is 12.9 Å². The van der Waals surface area contributed by atoms with Gasteiger partial charge in [-0.2, -0.15) is 0 Å². The van der Waals surface area contributed by atoms with Crippen LogP contribution >= 0.6 is 11.8 Å². The normalized spacial score (nSPS) is 10.7. The lowest BCUT2D eigenvalue weighted by atomic mass is 10.3. The molecule has 0 atom stereocenters. The highest BCUT2D eigenvalue weighted by atomic mass is 32.2. The number of thioether (sulfide) groups is 1. The Bertz CT molecular complexity index is 903. The minimum absolute atomic E-state index is 0.102. The predicted molar refractivity (Wildman–Crippen MR) is 102 cm³/mol. The highest BCUT2D eigenvalue weighted by molar-refractivity contribution is 7.99. The largest absolute Gasteiger partial charge is 0.497 e. The summed E-state index contributed by atoms with van der Waals surface area (Å²) in [4.78, 5) is 12.2. The van der Waals surface area contributed by atoms with Gasteiger partial charge < -0.3 is 19.2 Å². The maximum absolute atomic E-state index is 12.2. The zero-order valence-corrected chi connectivity index (χ0v) is 15.8. The third-order valence-electron chi connectivity index (χ3n) is 4.00. The van der Waals surface area contributed by atoms with Crippen LogP contribution in [0.25, 0.3) is 0 Å². The number of aromatic nitrogens is 4. The van der Waals surface area contributed by atoms with Crippen LogP contribution in [0.5, 0.6) is 5.75 Å². The average molecular weight is 371 g/mol. The van der Waals surface area contributed by atoms with Crippen LogP contribution in [0.3, 0.4) is 0 Å². The number of rotatable bonds is 7. The number of carbonyl (C=O) groups excluding carboxylic acids is 1. The number of hydrogen-bond donors (Lipinski definition) is 1. The van der Waals surface area contributed by atoms with Gasteiger partial charge in [0, 0.05) is 44.2 Å². The summed E-state index contributed by atoms with van der Waals surface area (Å²) in [5.74, 6) is 1.72. The number of ether oxygens (including phenoxy) is 1. The van der Waals surface area contributed by atoms with Gasteiger partial charge in [-0.1, -0.05) is 17.8 Å². The third kappa shape index (κ3) is 4.26. The fraction of sp³-hybridized carbons (Fsp3) is 0.278. The van der Waals surface area contributed by atoms with E-state index in [1.807, 2.05) is 49.1 Å². The standard InChI is InChI=1S/C18H21N5O2S/c1-22-9-5-7-14(22)11-16-20-21-18(23(16)2)26-12-17(24)19-13-6-4-8-15(10-13)25-3/h4-10H,11-12H2,1-3H3,(H,19,24). The molecule has 3 aromatic rings. The van der Waals surface area contributed by atoms with Crippen LogP contribution in [-0.2, 0) is 25.3 Å². The Hall–Kier alpha value is -2.74. The Kier molecular flexibility index (Phi) is 5.62. The molecular formula is C18H21N5O2S. The zero-order chi connectivity index (χ0) is 18.5. The Labute approximate surface area is 156 Å². The van der Waals surface area contributed by atoms with E-state index in [4.69, 9.17) is 4.74 Å². The summed E-state index contributed by atoms with van der Waals surface area (Å²) in [7, 11) is 5.52. The first-order chi connectivity index (χ1) is 12.6. The molecule has 1 N–H and O–H groups in total. The molecule has 7 nitrogen and oxygen atoms in total. The van der Waals surface area contributed by atoms with Crippen molar-refractivity contribution in [2.45, 2.75) is 11.6 Å². The Morgan fingerprint density at radius 3 is 2.81 bits per heavy atom. The summed E-state index contributed by atoms with van der Waals surface area (Å²) in [6, 6.07) is 11.3. The van der Waals surface area contributed by atoms with E-state index < -0.39 is 0 Å². The highest BCUT2D eigenvalue weighted by Crippen LogP contribution is 2.20. The van der Waals surface area contributed by atoms with Gasteiger partial charge in [0.1, 0.15) is 11.6 Å². The van der Waals surface area contributed by atoms with E-state index in [-0.39, 0.29) is 11.7 Å². The summed E-state index contributed by atoms with van der Waals surface area (Å²) in [6.45, 7) is 0. The number of hydrogen-bond acceptors (Lipinski definition) is 5. The summed E-state index contributed by atoms with van der Waals surface area (Å²) in [5.41, 5.74) is 1.87. The van der Waals surface area contributed by atoms with E-state index in [9.17, 15) is 4.79 Å². The zero-order valence-electron chi connectivity index (χ0n) is 15.0. The van der Waals surface area contributed by atoms with Gasteiger partial charge in [-0.25, -0.2) is 0 Å². The number of carbonyl (C=O) groups is 1. The molecule has 3 rings (SSSR count). The number of nitrogens with one attached hydrogen (secondary N) is 1. The lowest BCUT2D eigenvalue weighted by molar-refractivity contribution is -0.113. The molecule has 2 aromatic heterocycles. The molecular weight excluding hydrogens is 350 g/mol. The predicted octanol–water partition coefficient (Wildman–Crippen LogP) is 2.48. The van der Waals surface area contributed by atoms with Gasteiger partial charge in [0.15, 0.2) is 5.16 Å². The first-order valence-electron chi connectivity index (χ1n) is 8.12. The molecule has 0 bridgehead atoms. The fourth-order valence-corrected chi connectivity index (χ4v) is 3.22. The molecule has 0 aliphatic rings. The van der Waals surface area contributed by atoms with Crippen molar-refractivity contribution >= 4 is 23.4 Å². The van der Waals surface area contributed by atoms with Gasteiger partial charge in [-0.3, -0.25) is 4.79 Å². The molecule has 0 aliphatic heterocycles. The molecule has 26 heavy (non-hydrogen) atoms. The van der Waals surface area contributed by atoms with Crippen molar-refractivity contribution in [1.82, 2.24) is 19.3 Å². The van der Waals surface area contributed by atoms with Crippen molar-refractivity contribution in [1.29, 1.82) is 0 Å². The average Bonchev–Trinajstić information content (AvgIpc) is 3.20. The molecule has 1 amide bonds. The second-order valence-corrected chi connectivity index (χ2v) is 6.76. The van der Waals surface area contributed by atoms with Crippen molar-refractivity contribution in [2.75, 3.05) is 18.2 Å². The molecule has 0 unspecified atom stereocenters. The molecule has 8 heteroatoms. The van der Waals surface area contributed by atoms with Crippen LogP contribution < -0.4 is 10.1 Å². The van der Waals surface area contributed by atoms with Crippen molar-refractivity contribution in [3.8, 4) is 5.75 Å². The molecule has 0 aliphatic carbocycles. The number of nitrogens with zero attached hydrogens (tertiary/aromatic N) is 4. The number of aryl methyl sites for hydroxylation is 1. The summed E-state index contributed by atoms with van der Waals surface area (Å²) in [5, 5.41) is 12.0. The minimum Gasteiger partial charge on any atom is -0.497 e. The topological polar surface area (TPSA) is 74.0 Å². The van der Waals surface area contributed by atoms with E-state index in [0.29, 0.717) is 17.9 Å². The van der Waals surface area contributed by atoms with Crippen molar-refractivity contribution < 1.29 is 9.53 Å². The van der Waals surface area contributed by atoms with E-state index in [1.54, 1.807) is 13.2 Å². The second kappa shape index (κ2) is 8.09. The maximum atomic E-state index is 12.2. The quantitative estimate of drug-likeness (QED) is 0.646. The SMILES string of the molecule is COc1cccc(NC(=O)CSc2nnc(Cc3cccn3C)n2C)c1. The Morgan fingerprint density at radius 2 is 2.08 bits per heavy atom. The molecule has 0 radical (unpaired) electrons. The lowest BCUT2D eigenvalue weighted by Gasteiger charge is -2.07.